The van der Waals surface area contributed by atoms with Gasteiger partial charge >= 0.3 is 0 Å². The molecular formula is C15H16N2O. The molecular weight excluding hydrogens is 224 g/mol. The molecule has 0 aliphatic rings. The number of amides is 1. The minimum atomic E-state index is 0.0154. The van der Waals surface area contributed by atoms with Crippen LogP contribution in [0.3, 0.4) is 0 Å². The van der Waals surface area contributed by atoms with Crippen LogP contribution in [0.5, 0.6) is 0 Å². The number of carbonyl (C=O) groups is 1. The number of hydrogen-bond donors (Lipinski definition) is 1. The van der Waals surface area contributed by atoms with Crippen molar-refractivity contribution in [3.8, 4) is 12.3 Å². The van der Waals surface area contributed by atoms with Crippen LogP contribution in [0.1, 0.15) is 12.0 Å². The molecule has 0 aliphatic heterocycles. The molecule has 18 heavy (non-hydrogen) atoms. The van der Waals surface area contributed by atoms with Crippen molar-refractivity contribution in [1.29, 1.82) is 0 Å². The van der Waals surface area contributed by atoms with E-state index in [9.17, 15) is 4.79 Å². The number of para-hydroxylation sites is 1. The summed E-state index contributed by atoms with van der Waals surface area (Å²) in [6.07, 6.45) is 8.11. The fraction of sp³-hybridized carbons (Fsp3) is 0.267. The van der Waals surface area contributed by atoms with Gasteiger partial charge in [0, 0.05) is 37.1 Å². The number of rotatable bonds is 4. The number of aromatic nitrogens is 1. The van der Waals surface area contributed by atoms with Crippen LogP contribution >= 0.6 is 0 Å². The molecule has 92 valence electrons. The molecule has 0 aliphatic carbocycles. The minimum absolute atomic E-state index is 0.0154. The van der Waals surface area contributed by atoms with Crippen LogP contribution in [0, 0.1) is 12.3 Å². The van der Waals surface area contributed by atoms with E-state index in [0.29, 0.717) is 19.4 Å². The highest BCUT2D eigenvalue weighted by Crippen LogP contribution is 2.20. The number of terminal acetylenes is 1. The molecule has 0 unspecified atom stereocenters. The van der Waals surface area contributed by atoms with Gasteiger partial charge in [0.05, 0.1) is 6.42 Å². The van der Waals surface area contributed by atoms with Crippen molar-refractivity contribution in [2.75, 3.05) is 6.54 Å². The number of nitrogens with one attached hydrogen (secondary N) is 1. The average Bonchev–Trinajstić information content (AvgIpc) is 2.67. The van der Waals surface area contributed by atoms with Crippen LogP contribution in [-0.4, -0.2) is 17.0 Å². The molecule has 2 rings (SSSR count). The van der Waals surface area contributed by atoms with Crippen LogP contribution in [0.2, 0.25) is 0 Å². The lowest BCUT2D eigenvalue weighted by atomic mass is 10.1. The molecule has 0 atom stereocenters. The van der Waals surface area contributed by atoms with E-state index in [1.165, 1.54) is 0 Å². The summed E-state index contributed by atoms with van der Waals surface area (Å²) in [6, 6.07) is 8.08. The molecule has 0 saturated carbocycles. The Kier molecular flexibility index (Phi) is 3.69. The topological polar surface area (TPSA) is 34.0 Å². The Morgan fingerprint density at radius 1 is 1.44 bits per heavy atom. The maximum atomic E-state index is 11.8. The summed E-state index contributed by atoms with van der Waals surface area (Å²) in [6.45, 7) is 0.542. The zero-order chi connectivity index (χ0) is 13.0. The van der Waals surface area contributed by atoms with E-state index in [0.717, 1.165) is 16.5 Å². The molecule has 3 nitrogen and oxygen atoms in total. The fourth-order valence-electron chi connectivity index (χ4n) is 2.08. The van der Waals surface area contributed by atoms with E-state index in [4.69, 9.17) is 6.42 Å². The number of nitrogens with zero attached hydrogens (tertiary/aromatic N) is 1. The van der Waals surface area contributed by atoms with E-state index in [1.807, 2.05) is 36.0 Å². The number of hydrogen-bond acceptors (Lipinski definition) is 1. The molecule has 2 aromatic rings. The van der Waals surface area contributed by atoms with Gasteiger partial charge in [-0.1, -0.05) is 18.2 Å². The van der Waals surface area contributed by atoms with Gasteiger partial charge in [-0.25, -0.2) is 0 Å². The summed E-state index contributed by atoms with van der Waals surface area (Å²) in [7, 11) is 1.99. The third kappa shape index (κ3) is 2.54. The van der Waals surface area contributed by atoms with Crippen LogP contribution in [0.15, 0.2) is 30.5 Å². The maximum Gasteiger partial charge on any atom is 0.224 e. The Bertz CT molecular complexity index is 604. The van der Waals surface area contributed by atoms with E-state index < -0.39 is 0 Å². The SMILES string of the molecule is C#CCCNC(=O)Cc1cn(C)c2ccccc12. The Hall–Kier alpha value is -2.21. The molecule has 3 heteroatoms. The first-order valence-electron chi connectivity index (χ1n) is 5.95. The van der Waals surface area contributed by atoms with Gasteiger partial charge in [-0.15, -0.1) is 12.3 Å². The molecule has 1 aromatic carbocycles. The van der Waals surface area contributed by atoms with Crippen molar-refractivity contribution in [2.24, 2.45) is 7.05 Å². The molecule has 0 radical (unpaired) electrons. The number of benzene rings is 1. The molecule has 1 amide bonds. The number of carbonyl (C=O) groups excluding carboxylic acids is 1. The molecule has 0 bridgehead atoms. The Morgan fingerprint density at radius 3 is 3.00 bits per heavy atom. The maximum absolute atomic E-state index is 11.8. The fourth-order valence-corrected chi connectivity index (χ4v) is 2.08. The normalized spacial score (nSPS) is 10.2. The Morgan fingerprint density at radius 2 is 2.22 bits per heavy atom. The van der Waals surface area contributed by atoms with Crippen LogP contribution < -0.4 is 5.32 Å². The minimum Gasteiger partial charge on any atom is -0.355 e. The Balaban J connectivity index is 2.12. The summed E-state index contributed by atoms with van der Waals surface area (Å²) in [5, 5.41) is 3.95. The summed E-state index contributed by atoms with van der Waals surface area (Å²) >= 11 is 0. The van der Waals surface area contributed by atoms with Gasteiger partial charge in [0.15, 0.2) is 0 Å². The van der Waals surface area contributed by atoms with E-state index in [2.05, 4.69) is 17.3 Å². The van der Waals surface area contributed by atoms with Crippen molar-refractivity contribution in [2.45, 2.75) is 12.8 Å². The molecule has 1 heterocycles. The second-order valence-electron chi connectivity index (χ2n) is 4.26. The summed E-state index contributed by atoms with van der Waals surface area (Å²) in [5.74, 6) is 2.52. The van der Waals surface area contributed by atoms with Crippen molar-refractivity contribution >= 4 is 16.8 Å². The molecule has 1 N–H and O–H groups in total. The summed E-state index contributed by atoms with van der Waals surface area (Å²) in [4.78, 5) is 11.8. The highest BCUT2D eigenvalue weighted by atomic mass is 16.1. The van der Waals surface area contributed by atoms with E-state index in [1.54, 1.807) is 0 Å². The van der Waals surface area contributed by atoms with Gasteiger partial charge in [0.25, 0.3) is 0 Å². The van der Waals surface area contributed by atoms with Crippen LogP contribution in [0.4, 0.5) is 0 Å². The number of fused-ring (bicyclic) bond motifs is 1. The van der Waals surface area contributed by atoms with E-state index >= 15 is 0 Å². The van der Waals surface area contributed by atoms with Crippen molar-refractivity contribution in [1.82, 2.24) is 9.88 Å². The highest BCUT2D eigenvalue weighted by Gasteiger charge is 2.09. The monoisotopic (exact) mass is 240 g/mol. The largest absolute Gasteiger partial charge is 0.355 e. The quantitative estimate of drug-likeness (QED) is 0.642. The van der Waals surface area contributed by atoms with Gasteiger partial charge < -0.3 is 9.88 Å². The standard InChI is InChI=1S/C15H16N2O/c1-3-4-9-16-15(18)10-12-11-17(2)14-8-6-5-7-13(12)14/h1,5-8,11H,4,9-10H2,2H3,(H,16,18). The van der Waals surface area contributed by atoms with E-state index in [-0.39, 0.29) is 5.91 Å². The zero-order valence-corrected chi connectivity index (χ0v) is 10.4. The van der Waals surface area contributed by atoms with Crippen molar-refractivity contribution in [3.63, 3.8) is 0 Å². The van der Waals surface area contributed by atoms with Gasteiger partial charge in [-0.3, -0.25) is 4.79 Å². The second kappa shape index (κ2) is 5.42. The van der Waals surface area contributed by atoms with Gasteiger partial charge in [0.2, 0.25) is 5.91 Å². The van der Waals surface area contributed by atoms with Crippen molar-refractivity contribution in [3.05, 3.63) is 36.0 Å². The van der Waals surface area contributed by atoms with Gasteiger partial charge in [-0.05, 0) is 11.6 Å². The molecule has 0 spiro atoms. The first kappa shape index (κ1) is 12.3. The predicted octanol–water partition coefficient (Wildman–Crippen LogP) is 1.86. The zero-order valence-electron chi connectivity index (χ0n) is 10.4. The lowest BCUT2D eigenvalue weighted by Crippen LogP contribution is -2.25. The summed E-state index contributed by atoms with van der Waals surface area (Å²) in [5.41, 5.74) is 2.19. The van der Waals surface area contributed by atoms with Gasteiger partial charge in [-0.2, -0.15) is 0 Å². The molecule has 0 fully saturated rings. The lowest BCUT2D eigenvalue weighted by Gasteiger charge is -2.01. The second-order valence-corrected chi connectivity index (χ2v) is 4.26. The molecule has 1 aromatic heterocycles. The average molecular weight is 240 g/mol. The van der Waals surface area contributed by atoms with Crippen LogP contribution in [-0.2, 0) is 18.3 Å². The predicted molar refractivity (Wildman–Crippen MR) is 73.1 cm³/mol. The van der Waals surface area contributed by atoms with Crippen molar-refractivity contribution < 1.29 is 4.79 Å². The summed E-state index contributed by atoms with van der Waals surface area (Å²) < 4.78 is 2.04. The number of aryl methyl sites for hydroxylation is 1. The smallest absolute Gasteiger partial charge is 0.224 e. The first-order chi connectivity index (χ1) is 8.72. The third-order valence-electron chi connectivity index (χ3n) is 2.92. The Labute approximate surface area is 107 Å². The van der Waals surface area contributed by atoms with Gasteiger partial charge in [0.1, 0.15) is 0 Å². The lowest BCUT2D eigenvalue weighted by molar-refractivity contribution is -0.120. The molecule has 0 saturated heterocycles. The third-order valence-corrected chi connectivity index (χ3v) is 2.92. The van der Waals surface area contributed by atoms with Crippen LogP contribution in [0.25, 0.3) is 10.9 Å². The highest BCUT2D eigenvalue weighted by molar-refractivity contribution is 5.89. The first-order valence-corrected chi connectivity index (χ1v) is 5.95.